The van der Waals surface area contributed by atoms with Gasteiger partial charge in [-0.25, -0.2) is 0 Å². The molecule has 1 aromatic rings. The van der Waals surface area contributed by atoms with Gasteiger partial charge >= 0.3 is 0 Å². The minimum Gasteiger partial charge on any atom is -0.497 e. The normalized spacial score (nSPS) is 16.4. The highest BCUT2D eigenvalue weighted by Crippen LogP contribution is 2.21. The Morgan fingerprint density at radius 3 is 2.64 bits per heavy atom. The molecule has 5 nitrogen and oxygen atoms in total. The van der Waals surface area contributed by atoms with Crippen LogP contribution in [0.4, 0.5) is 5.69 Å². The third kappa shape index (κ3) is 4.62. The van der Waals surface area contributed by atoms with Crippen molar-refractivity contribution in [3.8, 4) is 5.75 Å². The number of methoxy groups -OCH3 is 1. The van der Waals surface area contributed by atoms with E-state index in [1.807, 2.05) is 0 Å². The fourth-order valence-electron chi connectivity index (χ4n) is 2.42. The topological polar surface area (TPSA) is 58.6 Å². The lowest BCUT2D eigenvalue weighted by atomic mass is 10.0. The van der Waals surface area contributed by atoms with Gasteiger partial charge in [0.1, 0.15) is 5.75 Å². The summed E-state index contributed by atoms with van der Waals surface area (Å²) in [5.74, 6) is 0.846. The Morgan fingerprint density at radius 1 is 1.32 bits per heavy atom. The summed E-state index contributed by atoms with van der Waals surface area (Å²) in [5.41, 5.74) is 0.686. The number of nitrogens with one attached hydrogen (secondary N) is 1. The molecule has 1 aliphatic rings. The van der Waals surface area contributed by atoms with Crippen LogP contribution in [0.25, 0.3) is 0 Å². The van der Waals surface area contributed by atoms with E-state index in [-0.39, 0.29) is 18.4 Å². The first-order chi connectivity index (χ1) is 10.6. The van der Waals surface area contributed by atoms with E-state index < -0.39 is 0 Å². The summed E-state index contributed by atoms with van der Waals surface area (Å²) < 4.78 is 5.06. The molecule has 1 N–H and O–H groups in total. The monoisotopic (exact) mass is 302 g/mol. The number of likely N-dealkylation sites (N-methyl/N-ethyl adjacent to an activating group) is 1. The third-order valence-electron chi connectivity index (χ3n) is 3.73. The van der Waals surface area contributed by atoms with E-state index in [1.54, 1.807) is 38.4 Å². The summed E-state index contributed by atoms with van der Waals surface area (Å²) in [7, 11) is 3.25. The van der Waals surface area contributed by atoms with Gasteiger partial charge in [-0.05, 0) is 43.0 Å². The molecule has 0 unspecified atom stereocenters. The molecule has 22 heavy (non-hydrogen) atoms. The van der Waals surface area contributed by atoms with Crippen molar-refractivity contribution in [2.24, 2.45) is 5.92 Å². The number of carbonyl (C=O) groups excluding carboxylic acids is 2. The molecule has 0 aromatic heterocycles. The number of amides is 2. The number of allylic oxidation sites excluding steroid dienone is 2. The standard InChI is InChI=1S/C17H22N2O3/c1-19(17(21)11-13-5-3-4-6-13)12-16(20)18-14-7-9-15(22-2)10-8-14/h3,5,7-10,13H,4,6,11-12H2,1-2H3,(H,18,20)/t13-/m0/s1. The van der Waals surface area contributed by atoms with Crippen LogP contribution in [0.3, 0.4) is 0 Å². The quantitative estimate of drug-likeness (QED) is 0.821. The van der Waals surface area contributed by atoms with Crippen molar-refractivity contribution in [1.82, 2.24) is 4.90 Å². The zero-order valence-corrected chi connectivity index (χ0v) is 13.0. The zero-order valence-electron chi connectivity index (χ0n) is 13.0. The summed E-state index contributed by atoms with van der Waals surface area (Å²) >= 11 is 0. The van der Waals surface area contributed by atoms with Crippen molar-refractivity contribution < 1.29 is 14.3 Å². The number of nitrogens with zero attached hydrogens (tertiary/aromatic N) is 1. The Kier molecular flexibility index (Phi) is 5.58. The van der Waals surface area contributed by atoms with E-state index in [9.17, 15) is 9.59 Å². The van der Waals surface area contributed by atoms with E-state index in [1.165, 1.54) is 4.90 Å². The molecule has 0 heterocycles. The van der Waals surface area contributed by atoms with Gasteiger partial charge in [-0.2, -0.15) is 0 Å². The molecule has 0 saturated carbocycles. The van der Waals surface area contributed by atoms with Gasteiger partial charge in [-0.3, -0.25) is 9.59 Å². The lowest BCUT2D eigenvalue weighted by Crippen LogP contribution is -2.35. The average molecular weight is 302 g/mol. The Hall–Kier alpha value is -2.30. The van der Waals surface area contributed by atoms with Crippen LogP contribution in [0.2, 0.25) is 0 Å². The molecule has 1 aliphatic carbocycles. The first-order valence-corrected chi connectivity index (χ1v) is 7.43. The van der Waals surface area contributed by atoms with Crippen molar-refractivity contribution in [2.45, 2.75) is 19.3 Å². The lowest BCUT2D eigenvalue weighted by molar-refractivity contribution is -0.133. The maximum absolute atomic E-state index is 12.1. The molecule has 0 bridgehead atoms. The van der Waals surface area contributed by atoms with Crippen LogP contribution in [0, 0.1) is 5.92 Å². The van der Waals surface area contributed by atoms with E-state index in [4.69, 9.17) is 4.74 Å². The molecule has 2 amide bonds. The van der Waals surface area contributed by atoms with Crippen LogP contribution < -0.4 is 10.1 Å². The highest BCUT2D eigenvalue weighted by atomic mass is 16.5. The fraction of sp³-hybridized carbons (Fsp3) is 0.412. The SMILES string of the molecule is COc1ccc(NC(=O)CN(C)C(=O)C[C@H]2C=CCC2)cc1. The summed E-state index contributed by atoms with van der Waals surface area (Å²) in [6, 6.07) is 7.08. The number of hydrogen-bond acceptors (Lipinski definition) is 3. The molecule has 2 rings (SSSR count). The van der Waals surface area contributed by atoms with Crippen molar-refractivity contribution in [1.29, 1.82) is 0 Å². The summed E-state index contributed by atoms with van der Waals surface area (Å²) in [6.45, 7) is 0.0568. The van der Waals surface area contributed by atoms with Crippen LogP contribution in [0.5, 0.6) is 5.75 Å². The number of ether oxygens (including phenoxy) is 1. The van der Waals surface area contributed by atoms with E-state index in [0.717, 1.165) is 18.6 Å². The van der Waals surface area contributed by atoms with Crippen LogP contribution in [0.15, 0.2) is 36.4 Å². The molecule has 1 aromatic carbocycles. The van der Waals surface area contributed by atoms with Gasteiger partial charge in [0.25, 0.3) is 0 Å². The molecule has 1 atom stereocenters. The summed E-state index contributed by atoms with van der Waals surface area (Å²) in [6.07, 6.45) is 6.73. The number of rotatable bonds is 6. The fourth-order valence-corrected chi connectivity index (χ4v) is 2.42. The van der Waals surface area contributed by atoms with Gasteiger partial charge < -0.3 is 15.0 Å². The second-order valence-electron chi connectivity index (χ2n) is 5.50. The van der Waals surface area contributed by atoms with Crippen LogP contribution in [-0.2, 0) is 9.59 Å². The zero-order chi connectivity index (χ0) is 15.9. The molecular weight excluding hydrogens is 280 g/mol. The molecule has 0 fully saturated rings. The van der Waals surface area contributed by atoms with Crippen LogP contribution >= 0.6 is 0 Å². The maximum atomic E-state index is 12.1. The highest BCUT2D eigenvalue weighted by molar-refractivity contribution is 5.94. The van der Waals surface area contributed by atoms with E-state index in [2.05, 4.69) is 17.5 Å². The first kappa shape index (κ1) is 16.1. The minimum absolute atomic E-state index is 0.00132. The van der Waals surface area contributed by atoms with Gasteiger partial charge in [0.15, 0.2) is 0 Å². The Labute approximate surface area is 130 Å². The second-order valence-corrected chi connectivity index (χ2v) is 5.50. The van der Waals surface area contributed by atoms with Crippen molar-refractivity contribution in [3.05, 3.63) is 36.4 Å². The number of anilines is 1. The van der Waals surface area contributed by atoms with E-state index >= 15 is 0 Å². The van der Waals surface area contributed by atoms with Crippen LogP contribution in [-0.4, -0.2) is 37.4 Å². The predicted molar refractivity (Wildman–Crippen MR) is 85.7 cm³/mol. The second kappa shape index (κ2) is 7.64. The van der Waals surface area contributed by atoms with Crippen molar-refractivity contribution in [2.75, 3.05) is 26.0 Å². The van der Waals surface area contributed by atoms with Gasteiger partial charge in [0, 0.05) is 19.2 Å². The molecule has 0 saturated heterocycles. The lowest BCUT2D eigenvalue weighted by Gasteiger charge is -2.18. The van der Waals surface area contributed by atoms with Gasteiger partial charge in [0.2, 0.25) is 11.8 Å². The number of carbonyl (C=O) groups is 2. The Morgan fingerprint density at radius 2 is 2.05 bits per heavy atom. The maximum Gasteiger partial charge on any atom is 0.243 e. The number of hydrogen-bond donors (Lipinski definition) is 1. The smallest absolute Gasteiger partial charge is 0.243 e. The summed E-state index contributed by atoms with van der Waals surface area (Å²) in [5, 5.41) is 2.77. The van der Waals surface area contributed by atoms with E-state index in [0.29, 0.717) is 18.0 Å². The van der Waals surface area contributed by atoms with Crippen LogP contribution in [0.1, 0.15) is 19.3 Å². The summed E-state index contributed by atoms with van der Waals surface area (Å²) in [4.78, 5) is 25.5. The molecule has 118 valence electrons. The third-order valence-corrected chi connectivity index (χ3v) is 3.73. The van der Waals surface area contributed by atoms with Gasteiger partial charge in [-0.15, -0.1) is 0 Å². The van der Waals surface area contributed by atoms with Crippen molar-refractivity contribution >= 4 is 17.5 Å². The molecular formula is C17H22N2O3. The highest BCUT2D eigenvalue weighted by Gasteiger charge is 2.18. The van der Waals surface area contributed by atoms with Gasteiger partial charge in [0.05, 0.1) is 13.7 Å². The molecule has 0 aliphatic heterocycles. The minimum atomic E-state index is -0.206. The number of benzene rings is 1. The molecule has 0 spiro atoms. The molecule has 0 radical (unpaired) electrons. The van der Waals surface area contributed by atoms with Gasteiger partial charge in [-0.1, -0.05) is 12.2 Å². The average Bonchev–Trinajstić information content (AvgIpc) is 3.00. The van der Waals surface area contributed by atoms with Crippen molar-refractivity contribution in [3.63, 3.8) is 0 Å². The molecule has 5 heteroatoms. The Bertz CT molecular complexity index is 552. The largest absolute Gasteiger partial charge is 0.497 e. The Balaban J connectivity index is 1.79. The predicted octanol–water partition coefficient (Wildman–Crippen LogP) is 2.45. The first-order valence-electron chi connectivity index (χ1n) is 7.43.